The Bertz CT molecular complexity index is 538. The number of ether oxygens (including phenoxy) is 2. The summed E-state index contributed by atoms with van der Waals surface area (Å²) in [6, 6.07) is -0.454. The number of amides is 2. The van der Waals surface area contributed by atoms with Gasteiger partial charge < -0.3 is 14.4 Å². The third kappa shape index (κ3) is 4.33. The molecule has 2 aliphatic rings. The lowest BCUT2D eigenvalue weighted by atomic mass is 10.0. The van der Waals surface area contributed by atoms with E-state index in [9.17, 15) is 14.4 Å². The van der Waals surface area contributed by atoms with Gasteiger partial charge in [-0.2, -0.15) is 4.99 Å². The number of carbonyl (C=O) groups excluding carboxylic acids is 3. The van der Waals surface area contributed by atoms with E-state index < -0.39 is 23.7 Å². The third-order valence-electron chi connectivity index (χ3n) is 4.35. The molecule has 0 aliphatic carbocycles. The molecule has 2 amide bonds. The van der Waals surface area contributed by atoms with E-state index in [4.69, 9.17) is 9.47 Å². The smallest absolute Gasteiger partial charge is 0.433 e. The normalized spacial score (nSPS) is 27.8. The molecule has 2 rings (SSSR count). The van der Waals surface area contributed by atoms with Crippen molar-refractivity contribution in [3.63, 3.8) is 0 Å². The van der Waals surface area contributed by atoms with Gasteiger partial charge in [0.1, 0.15) is 11.6 Å². The molecule has 0 aromatic carbocycles. The van der Waals surface area contributed by atoms with E-state index in [2.05, 4.69) is 4.99 Å². The Morgan fingerprint density at radius 2 is 1.92 bits per heavy atom. The van der Waals surface area contributed by atoms with E-state index in [1.807, 2.05) is 0 Å². The second-order valence-corrected chi connectivity index (χ2v) is 7.31. The molecule has 7 nitrogen and oxygen atoms in total. The predicted molar refractivity (Wildman–Crippen MR) is 87.7 cm³/mol. The first kappa shape index (κ1) is 18.4. The largest absolute Gasteiger partial charge is 0.467 e. The zero-order valence-corrected chi connectivity index (χ0v) is 14.8. The molecule has 0 N–H and O–H groups in total. The fourth-order valence-corrected chi connectivity index (χ4v) is 3.33. The third-order valence-corrected chi connectivity index (χ3v) is 4.35. The molecule has 2 saturated heterocycles. The Labute approximate surface area is 142 Å². The van der Waals surface area contributed by atoms with E-state index in [1.165, 1.54) is 13.3 Å². The number of rotatable bonds is 2. The standard InChI is InChI=1S/C17H26N2O5/c1-17(2,3)24-16(22)18-10-11-6-5-7-12-8-9-13(15(21)23-4)19(12)14(11)20/h10-13H,5-9H2,1-4H3/b18-10-/t11?,12-,13-/m0/s1. The van der Waals surface area contributed by atoms with Crippen LogP contribution in [0.25, 0.3) is 0 Å². The van der Waals surface area contributed by atoms with Gasteiger partial charge in [-0.05, 0) is 46.5 Å². The number of esters is 1. The first-order valence-electron chi connectivity index (χ1n) is 8.40. The highest BCUT2D eigenvalue weighted by atomic mass is 16.6. The van der Waals surface area contributed by atoms with Gasteiger partial charge in [0.2, 0.25) is 5.91 Å². The summed E-state index contributed by atoms with van der Waals surface area (Å²) in [4.78, 5) is 41.9. The molecule has 2 heterocycles. The molecule has 0 spiro atoms. The number of hydrogen-bond acceptors (Lipinski definition) is 5. The number of fused-ring (bicyclic) bond motifs is 1. The molecule has 0 aromatic rings. The van der Waals surface area contributed by atoms with Gasteiger partial charge in [0.15, 0.2) is 0 Å². The summed E-state index contributed by atoms with van der Waals surface area (Å²) in [5, 5.41) is 0. The average Bonchev–Trinajstić information content (AvgIpc) is 2.84. The lowest BCUT2D eigenvalue weighted by Crippen LogP contribution is -2.47. The molecule has 2 aliphatic heterocycles. The molecule has 7 heteroatoms. The Kier molecular flexibility index (Phi) is 5.62. The second-order valence-electron chi connectivity index (χ2n) is 7.31. The van der Waals surface area contributed by atoms with Crippen LogP contribution in [0.5, 0.6) is 0 Å². The minimum Gasteiger partial charge on any atom is -0.467 e. The number of methoxy groups -OCH3 is 1. The van der Waals surface area contributed by atoms with Crippen molar-refractivity contribution < 1.29 is 23.9 Å². The van der Waals surface area contributed by atoms with Crippen molar-refractivity contribution in [3.05, 3.63) is 0 Å². The summed E-state index contributed by atoms with van der Waals surface area (Å²) in [6.45, 7) is 5.27. The lowest BCUT2D eigenvalue weighted by Gasteiger charge is -2.28. The zero-order valence-electron chi connectivity index (χ0n) is 14.8. The quantitative estimate of drug-likeness (QED) is 0.570. The highest BCUT2D eigenvalue weighted by Gasteiger charge is 2.44. The van der Waals surface area contributed by atoms with Gasteiger partial charge in [0.25, 0.3) is 0 Å². The van der Waals surface area contributed by atoms with Crippen LogP contribution in [0, 0.1) is 5.92 Å². The van der Waals surface area contributed by atoms with Crippen LogP contribution < -0.4 is 0 Å². The molecule has 2 fully saturated rings. The molecule has 3 atom stereocenters. The first-order chi connectivity index (χ1) is 11.2. The van der Waals surface area contributed by atoms with E-state index in [-0.39, 0.29) is 17.9 Å². The maximum Gasteiger partial charge on any atom is 0.433 e. The van der Waals surface area contributed by atoms with Crippen molar-refractivity contribution in [2.75, 3.05) is 7.11 Å². The summed E-state index contributed by atoms with van der Waals surface area (Å²) in [5.74, 6) is -1.04. The highest BCUT2D eigenvalue weighted by molar-refractivity contribution is 5.98. The van der Waals surface area contributed by atoms with Crippen molar-refractivity contribution in [2.24, 2.45) is 10.9 Å². The molecule has 24 heavy (non-hydrogen) atoms. The SMILES string of the molecule is COC(=O)[C@@H]1CC[C@@H]2CCCC(/C=N\C(=O)OC(C)(C)C)C(=O)N21. The van der Waals surface area contributed by atoms with Gasteiger partial charge in [-0.15, -0.1) is 0 Å². The fourth-order valence-electron chi connectivity index (χ4n) is 3.33. The predicted octanol–water partition coefficient (Wildman–Crippen LogP) is 2.33. The van der Waals surface area contributed by atoms with Crippen LogP contribution in [0.15, 0.2) is 4.99 Å². The topological polar surface area (TPSA) is 85.3 Å². The lowest BCUT2D eigenvalue weighted by molar-refractivity contribution is -0.152. The summed E-state index contributed by atoms with van der Waals surface area (Å²) < 4.78 is 9.94. The van der Waals surface area contributed by atoms with E-state index in [0.29, 0.717) is 12.8 Å². The molecule has 0 radical (unpaired) electrons. The van der Waals surface area contributed by atoms with Gasteiger partial charge in [-0.3, -0.25) is 4.79 Å². The molecule has 1 unspecified atom stereocenters. The Hall–Kier alpha value is -1.92. The number of carbonyl (C=O) groups is 3. The van der Waals surface area contributed by atoms with Crippen LogP contribution in [0.2, 0.25) is 0 Å². The Balaban J connectivity index is 2.10. The minimum atomic E-state index is -0.706. The van der Waals surface area contributed by atoms with Crippen LogP contribution in [0.3, 0.4) is 0 Å². The Morgan fingerprint density at radius 1 is 1.21 bits per heavy atom. The Morgan fingerprint density at radius 3 is 2.54 bits per heavy atom. The summed E-state index contributed by atoms with van der Waals surface area (Å²) in [5.41, 5.74) is -0.627. The summed E-state index contributed by atoms with van der Waals surface area (Å²) in [6.07, 6.45) is 4.42. The highest BCUT2D eigenvalue weighted by Crippen LogP contribution is 2.33. The van der Waals surface area contributed by atoms with Gasteiger partial charge in [0, 0.05) is 12.3 Å². The maximum absolute atomic E-state index is 12.8. The van der Waals surface area contributed by atoms with Crippen molar-refractivity contribution in [2.45, 2.75) is 70.6 Å². The molecular formula is C17H26N2O5. The molecule has 0 bridgehead atoms. The first-order valence-corrected chi connectivity index (χ1v) is 8.40. The fraction of sp³-hybridized carbons (Fsp3) is 0.765. The monoisotopic (exact) mass is 338 g/mol. The maximum atomic E-state index is 12.8. The van der Waals surface area contributed by atoms with Crippen LogP contribution in [0.4, 0.5) is 4.79 Å². The number of aliphatic imine (C=N–C) groups is 1. The van der Waals surface area contributed by atoms with Gasteiger partial charge >= 0.3 is 12.1 Å². The van der Waals surface area contributed by atoms with Crippen molar-refractivity contribution in [1.29, 1.82) is 0 Å². The van der Waals surface area contributed by atoms with Crippen LogP contribution in [-0.2, 0) is 19.1 Å². The minimum absolute atomic E-state index is 0.0709. The van der Waals surface area contributed by atoms with Crippen molar-refractivity contribution in [1.82, 2.24) is 4.90 Å². The molecular weight excluding hydrogens is 312 g/mol. The second kappa shape index (κ2) is 7.32. The average molecular weight is 338 g/mol. The van der Waals surface area contributed by atoms with Crippen LogP contribution in [-0.4, -0.2) is 53.9 Å². The molecule has 0 aromatic heterocycles. The van der Waals surface area contributed by atoms with E-state index in [0.717, 1.165) is 19.3 Å². The van der Waals surface area contributed by atoms with E-state index >= 15 is 0 Å². The molecule has 0 saturated carbocycles. The van der Waals surface area contributed by atoms with Crippen LogP contribution >= 0.6 is 0 Å². The van der Waals surface area contributed by atoms with E-state index in [1.54, 1.807) is 25.7 Å². The van der Waals surface area contributed by atoms with Crippen molar-refractivity contribution in [3.8, 4) is 0 Å². The number of hydrogen-bond donors (Lipinski definition) is 0. The number of nitrogens with zero attached hydrogens (tertiary/aromatic N) is 2. The van der Waals surface area contributed by atoms with Crippen LogP contribution in [0.1, 0.15) is 52.9 Å². The zero-order chi connectivity index (χ0) is 17.9. The van der Waals surface area contributed by atoms with Gasteiger partial charge in [-0.1, -0.05) is 6.42 Å². The summed E-state index contributed by atoms with van der Waals surface area (Å²) in [7, 11) is 1.33. The molecule has 134 valence electrons. The van der Waals surface area contributed by atoms with Gasteiger partial charge in [0.05, 0.1) is 13.0 Å². The summed E-state index contributed by atoms with van der Waals surface area (Å²) >= 11 is 0. The van der Waals surface area contributed by atoms with Crippen molar-refractivity contribution >= 4 is 24.2 Å². The van der Waals surface area contributed by atoms with Gasteiger partial charge in [-0.25, -0.2) is 9.59 Å².